The number of hydrogen-bond acceptors (Lipinski definition) is 4. The normalized spacial score (nSPS) is 11.1. The molecule has 31 heavy (non-hydrogen) atoms. The molecule has 0 aliphatic carbocycles. The molecule has 0 saturated heterocycles. The van der Waals surface area contributed by atoms with E-state index in [-0.39, 0.29) is 30.6 Å². The monoisotopic (exact) mass is 427 g/mol. The minimum absolute atomic E-state index is 0.0114. The lowest BCUT2D eigenvalue weighted by atomic mass is 10.2. The van der Waals surface area contributed by atoms with Crippen molar-refractivity contribution in [2.45, 2.75) is 13.1 Å². The summed E-state index contributed by atoms with van der Waals surface area (Å²) >= 11 is 0. The molecule has 4 rings (SSSR count). The Bertz CT molecular complexity index is 1310. The van der Waals surface area contributed by atoms with Crippen LogP contribution in [0.2, 0.25) is 0 Å². The first-order valence-electron chi connectivity index (χ1n) is 9.31. The van der Waals surface area contributed by atoms with Crippen LogP contribution in [0.25, 0.3) is 11.0 Å². The molecule has 0 unspecified atom stereocenters. The molecule has 1 amide bonds. The first kappa shape index (κ1) is 20.3. The molecule has 4 aromatic rings. The Hall–Kier alpha value is -3.95. The molecular weight excluding hydrogens is 411 g/mol. The van der Waals surface area contributed by atoms with Gasteiger partial charge in [-0.05, 0) is 29.8 Å². The van der Waals surface area contributed by atoms with E-state index in [4.69, 9.17) is 0 Å². The van der Waals surface area contributed by atoms with Gasteiger partial charge in [0.25, 0.3) is 11.5 Å². The maximum absolute atomic E-state index is 13.7. The molecule has 0 bridgehead atoms. The third-order valence-corrected chi connectivity index (χ3v) is 4.66. The third-order valence-electron chi connectivity index (χ3n) is 4.66. The summed E-state index contributed by atoms with van der Waals surface area (Å²) in [7, 11) is 0. The van der Waals surface area contributed by atoms with Crippen LogP contribution in [0.4, 0.5) is 13.2 Å². The van der Waals surface area contributed by atoms with Gasteiger partial charge in [0.1, 0.15) is 34.7 Å². The summed E-state index contributed by atoms with van der Waals surface area (Å²) in [4.78, 5) is 29.0. The van der Waals surface area contributed by atoms with Crippen molar-refractivity contribution in [3.63, 3.8) is 0 Å². The molecule has 0 aliphatic heterocycles. The van der Waals surface area contributed by atoms with E-state index in [1.807, 2.05) is 0 Å². The topological polar surface area (TPSA) is 81.8 Å². The van der Waals surface area contributed by atoms with Crippen molar-refractivity contribution in [2.75, 3.05) is 6.54 Å². The molecule has 1 N–H and O–H groups in total. The minimum atomic E-state index is -0.956. The summed E-state index contributed by atoms with van der Waals surface area (Å²) in [6.07, 6.45) is 2.69. The van der Waals surface area contributed by atoms with Gasteiger partial charge in [-0.3, -0.25) is 14.2 Å². The van der Waals surface area contributed by atoms with Crippen molar-refractivity contribution in [2.24, 2.45) is 0 Å². The van der Waals surface area contributed by atoms with E-state index in [1.54, 1.807) is 12.1 Å². The summed E-state index contributed by atoms with van der Waals surface area (Å²) in [6, 6.07) is 9.07. The molecule has 2 heterocycles. The van der Waals surface area contributed by atoms with Crippen molar-refractivity contribution < 1.29 is 18.0 Å². The average molecular weight is 427 g/mol. The number of carbonyl (C=O) groups excluding carboxylic acids is 1. The Morgan fingerprint density at radius 1 is 1.06 bits per heavy atom. The number of nitrogens with one attached hydrogen (secondary N) is 1. The molecule has 2 aromatic carbocycles. The summed E-state index contributed by atoms with van der Waals surface area (Å²) in [5.41, 5.74) is -0.102. The summed E-state index contributed by atoms with van der Waals surface area (Å²) in [5.74, 6) is -3.20. The molecule has 0 saturated carbocycles. The van der Waals surface area contributed by atoms with E-state index >= 15 is 0 Å². The van der Waals surface area contributed by atoms with E-state index in [2.05, 4.69) is 15.4 Å². The molecule has 0 fully saturated rings. The van der Waals surface area contributed by atoms with Gasteiger partial charge in [0.2, 0.25) is 0 Å². The highest BCUT2D eigenvalue weighted by molar-refractivity contribution is 5.94. The van der Waals surface area contributed by atoms with Crippen LogP contribution in [-0.4, -0.2) is 31.8 Å². The first-order valence-corrected chi connectivity index (χ1v) is 9.31. The smallest absolute Gasteiger partial charge is 0.264 e. The second kappa shape index (κ2) is 8.42. The van der Waals surface area contributed by atoms with Gasteiger partial charge >= 0.3 is 0 Å². The van der Waals surface area contributed by atoms with Gasteiger partial charge in [-0.1, -0.05) is 18.2 Å². The molecular formula is C21H16F3N5O2. The minimum Gasteiger partial charge on any atom is -0.350 e. The fourth-order valence-electron chi connectivity index (χ4n) is 3.18. The quantitative estimate of drug-likeness (QED) is 0.513. The van der Waals surface area contributed by atoms with E-state index in [9.17, 15) is 22.8 Å². The van der Waals surface area contributed by atoms with Crippen LogP contribution < -0.4 is 10.9 Å². The number of benzene rings is 2. The molecule has 0 atom stereocenters. The number of aromatic nitrogens is 4. The van der Waals surface area contributed by atoms with Gasteiger partial charge in [-0.15, -0.1) is 0 Å². The van der Waals surface area contributed by atoms with Crippen molar-refractivity contribution in [3.8, 4) is 0 Å². The van der Waals surface area contributed by atoms with Gasteiger partial charge in [-0.2, -0.15) is 5.10 Å². The fraction of sp³-hybridized carbons (Fsp3) is 0.143. The Kier molecular flexibility index (Phi) is 5.52. The fourth-order valence-corrected chi connectivity index (χ4v) is 3.18. The van der Waals surface area contributed by atoms with Crippen molar-refractivity contribution in [3.05, 3.63) is 93.9 Å². The first-order chi connectivity index (χ1) is 14.9. The van der Waals surface area contributed by atoms with Gasteiger partial charge in [0.05, 0.1) is 19.3 Å². The summed E-state index contributed by atoms with van der Waals surface area (Å²) in [6.45, 7) is 0.290. The zero-order valence-corrected chi connectivity index (χ0v) is 16.1. The Morgan fingerprint density at radius 3 is 2.55 bits per heavy atom. The maximum Gasteiger partial charge on any atom is 0.264 e. The second-order valence-corrected chi connectivity index (χ2v) is 6.77. The van der Waals surface area contributed by atoms with E-state index < -0.39 is 28.9 Å². The Balaban J connectivity index is 1.48. The lowest BCUT2D eigenvalue weighted by molar-refractivity contribution is 0.0943. The Labute approximate surface area is 173 Å². The van der Waals surface area contributed by atoms with E-state index in [1.165, 1.54) is 40.0 Å². The number of hydrogen-bond donors (Lipinski definition) is 1. The van der Waals surface area contributed by atoms with E-state index in [0.717, 1.165) is 12.1 Å². The molecule has 7 nitrogen and oxygen atoms in total. The predicted molar refractivity (Wildman–Crippen MR) is 106 cm³/mol. The van der Waals surface area contributed by atoms with Crippen LogP contribution in [-0.2, 0) is 13.1 Å². The number of amides is 1. The molecule has 10 heteroatoms. The highest BCUT2D eigenvalue weighted by Gasteiger charge is 2.17. The largest absolute Gasteiger partial charge is 0.350 e. The van der Waals surface area contributed by atoms with E-state index in [0.29, 0.717) is 11.2 Å². The number of fused-ring (bicyclic) bond motifs is 1. The molecule has 2 aromatic heterocycles. The standard InChI is InChI=1S/C21H16F3N5O2/c22-14-4-1-3-13(9-14)11-28-12-26-19-15(21(28)31)10-27-29(19)8-7-25-20(30)18-16(23)5-2-6-17(18)24/h1-6,9-10,12H,7-8,11H2,(H,25,30). The third kappa shape index (κ3) is 4.18. The number of carbonyl (C=O) groups is 1. The zero-order chi connectivity index (χ0) is 22.0. The molecule has 0 aliphatic rings. The number of nitrogens with zero attached hydrogens (tertiary/aromatic N) is 4. The Morgan fingerprint density at radius 2 is 1.81 bits per heavy atom. The number of halogens is 3. The van der Waals surface area contributed by atoms with Gasteiger partial charge < -0.3 is 5.32 Å². The SMILES string of the molecule is O=C(NCCn1ncc2c(=O)n(Cc3cccc(F)c3)cnc21)c1c(F)cccc1F. The van der Waals surface area contributed by atoms with Crippen molar-refractivity contribution >= 4 is 16.9 Å². The van der Waals surface area contributed by atoms with Crippen LogP contribution in [0.1, 0.15) is 15.9 Å². The molecule has 0 radical (unpaired) electrons. The van der Waals surface area contributed by atoms with Crippen LogP contribution in [0.5, 0.6) is 0 Å². The van der Waals surface area contributed by atoms with Gasteiger partial charge in [0.15, 0.2) is 5.65 Å². The second-order valence-electron chi connectivity index (χ2n) is 6.77. The molecule has 158 valence electrons. The van der Waals surface area contributed by atoms with Crippen LogP contribution in [0.15, 0.2) is 59.8 Å². The number of rotatable bonds is 6. The average Bonchev–Trinajstić information content (AvgIpc) is 3.14. The van der Waals surface area contributed by atoms with Crippen LogP contribution >= 0.6 is 0 Å². The van der Waals surface area contributed by atoms with Gasteiger partial charge in [0, 0.05) is 6.54 Å². The van der Waals surface area contributed by atoms with Gasteiger partial charge in [-0.25, -0.2) is 22.8 Å². The zero-order valence-electron chi connectivity index (χ0n) is 16.1. The van der Waals surface area contributed by atoms with Crippen molar-refractivity contribution in [1.29, 1.82) is 0 Å². The van der Waals surface area contributed by atoms with Crippen molar-refractivity contribution in [1.82, 2.24) is 24.6 Å². The highest BCUT2D eigenvalue weighted by atomic mass is 19.1. The summed E-state index contributed by atoms with van der Waals surface area (Å²) < 4.78 is 43.5. The van der Waals surface area contributed by atoms with Crippen LogP contribution in [0, 0.1) is 17.5 Å². The highest BCUT2D eigenvalue weighted by Crippen LogP contribution is 2.12. The summed E-state index contributed by atoms with van der Waals surface area (Å²) in [5, 5.41) is 6.78. The van der Waals surface area contributed by atoms with Crippen LogP contribution in [0.3, 0.4) is 0 Å². The lowest BCUT2D eigenvalue weighted by Gasteiger charge is -2.08. The molecule has 0 spiro atoms. The predicted octanol–water partition coefficient (Wildman–Crippen LogP) is 2.49. The maximum atomic E-state index is 13.7. The lowest BCUT2D eigenvalue weighted by Crippen LogP contribution is -2.29.